The highest BCUT2D eigenvalue weighted by atomic mass is 32.2. The lowest BCUT2D eigenvalue weighted by Crippen LogP contribution is -2.06. The molecule has 2 aromatic carbocycles. The van der Waals surface area contributed by atoms with Gasteiger partial charge in [0.15, 0.2) is 9.84 Å². The van der Waals surface area contributed by atoms with E-state index in [-0.39, 0.29) is 11.5 Å². The molecule has 0 spiro atoms. The van der Waals surface area contributed by atoms with Gasteiger partial charge in [0.1, 0.15) is 5.82 Å². The summed E-state index contributed by atoms with van der Waals surface area (Å²) in [6, 6.07) is 15.0. The molecule has 0 saturated heterocycles. The number of rotatable bonds is 6. The Kier molecular flexibility index (Phi) is 4.85. The SMILES string of the molecule is CCS(=O)(=O)Cc1ccc(Nc2nc(NC)c3ccccc3n2)cc1. The van der Waals surface area contributed by atoms with Crippen LogP contribution in [-0.4, -0.2) is 31.2 Å². The second-order valence-electron chi connectivity index (χ2n) is 5.66. The second kappa shape index (κ2) is 7.06. The first-order chi connectivity index (χ1) is 12.0. The zero-order valence-electron chi connectivity index (χ0n) is 14.2. The van der Waals surface area contributed by atoms with Crippen LogP contribution in [0.1, 0.15) is 12.5 Å². The molecular formula is C18H20N4O2S. The van der Waals surface area contributed by atoms with E-state index in [1.54, 1.807) is 19.1 Å². The Balaban J connectivity index is 1.84. The molecule has 0 aliphatic carbocycles. The Hall–Kier alpha value is -2.67. The number of fused-ring (bicyclic) bond motifs is 1. The van der Waals surface area contributed by atoms with E-state index in [4.69, 9.17) is 0 Å². The van der Waals surface area contributed by atoms with Gasteiger partial charge in [-0.3, -0.25) is 0 Å². The molecule has 1 aromatic heterocycles. The summed E-state index contributed by atoms with van der Waals surface area (Å²) in [6.45, 7) is 1.65. The van der Waals surface area contributed by atoms with Crippen LogP contribution in [0.25, 0.3) is 10.9 Å². The third kappa shape index (κ3) is 4.06. The van der Waals surface area contributed by atoms with Crippen molar-refractivity contribution in [2.75, 3.05) is 23.4 Å². The van der Waals surface area contributed by atoms with E-state index in [0.29, 0.717) is 5.95 Å². The minimum atomic E-state index is -3.03. The summed E-state index contributed by atoms with van der Waals surface area (Å²) in [7, 11) is -1.21. The van der Waals surface area contributed by atoms with Crippen LogP contribution in [0.4, 0.5) is 17.5 Å². The standard InChI is InChI=1S/C18H20N4O2S/c1-3-25(23,24)12-13-8-10-14(11-9-13)20-18-21-16-7-5-4-6-15(16)17(19-2)22-18/h4-11H,3,12H2,1-2H3,(H2,19,20,21,22). The minimum Gasteiger partial charge on any atom is -0.372 e. The molecule has 0 fully saturated rings. The van der Waals surface area contributed by atoms with E-state index < -0.39 is 9.84 Å². The molecule has 6 nitrogen and oxygen atoms in total. The fourth-order valence-electron chi connectivity index (χ4n) is 2.49. The maximum absolute atomic E-state index is 11.7. The molecule has 0 aliphatic rings. The Labute approximate surface area is 147 Å². The summed E-state index contributed by atoms with van der Waals surface area (Å²) < 4.78 is 23.4. The van der Waals surface area contributed by atoms with Crippen LogP contribution in [0.3, 0.4) is 0 Å². The number of nitrogens with zero attached hydrogens (tertiary/aromatic N) is 2. The summed E-state index contributed by atoms with van der Waals surface area (Å²) in [5.41, 5.74) is 2.41. The molecule has 0 aliphatic heterocycles. The van der Waals surface area contributed by atoms with E-state index in [2.05, 4.69) is 20.6 Å². The van der Waals surface area contributed by atoms with Gasteiger partial charge in [-0.2, -0.15) is 4.98 Å². The first kappa shape index (κ1) is 17.2. The molecule has 25 heavy (non-hydrogen) atoms. The smallest absolute Gasteiger partial charge is 0.229 e. The van der Waals surface area contributed by atoms with Crippen LogP contribution >= 0.6 is 0 Å². The Morgan fingerprint density at radius 3 is 2.40 bits per heavy atom. The van der Waals surface area contributed by atoms with Gasteiger partial charge in [0.25, 0.3) is 0 Å². The quantitative estimate of drug-likeness (QED) is 0.705. The number of hydrogen-bond acceptors (Lipinski definition) is 6. The highest BCUT2D eigenvalue weighted by Crippen LogP contribution is 2.23. The number of aromatic nitrogens is 2. The van der Waals surface area contributed by atoms with Gasteiger partial charge in [-0.15, -0.1) is 0 Å². The highest BCUT2D eigenvalue weighted by molar-refractivity contribution is 7.90. The average Bonchev–Trinajstić information content (AvgIpc) is 2.62. The van der Waals surface area contributed by atoms with Crippen molar-refractivity contribution in [3.8, 4) is 0 Å². The summed E-state index contributed by atoms with van der Waals surface area (Å²) in [5.74, 6) is 1.43. The zero-order valence-corrected chi connectivity index (χ0v) is 15.0. The fourth-order valence-corrected chi connectivity index (χ4v) is 3.40. The molecule has 0 bridgehead atoms. The molecule has 7 heteroatoms. The molecule has 0 amide bonds. The van der Waals surface area contributed by atoms with Crippen molar-refractivity contribution in [2.24, 2.45) is 0 Å². The van der Waals surface area contributed by atoms with Crippen LogP contribution in [0, 0.1) is 0 Å². The molecule has 2 N–H and O–H groups in total. The van der Waals surface area contributed by atoms with Crippen LogP contribution in [0.2, 0.25) is 0 Å². The maximum Gasteiger partial charge on any atom is 0.229 e. The van der Waals surface area contributed by atoms with Crippen molar-refractivity contribution in [3.05, 3.63) is 54.1 Å². The van der Waals surface area contributed by atoms with E-state index in [9.17, 15) is 8.42 Å². The van der Waals surface area contributed by atoms with E-state index in [0.717, 1.165) is 28.0 Å². The number of nitrogens with one attached hydrogen (secondary N) is 2. The number of sulfone groups is 1. The van der Waals surface area contributed by atoms with E-state index in [1.165, 1.54) is 0 Å². The summed E-state index contributed by atoms with van der Waals surface area (Å²) in [6.07, 6.45) is 0. The predicted octanol–water partition coefficient (Wildman–Crippen LogP) is 3.35. The monoisotopic (exact) mass is 356 g/mol. The number of hydrogen-bond donors (Lipinski definition) is 2. The van der Waals surface area contributed by atoms with Gasteiger partial charge in [0.2, 0.25) is 5.95 Å². The van der Waals surface area contributed by atoms with Crippen LogP contribution in [0.15, 0.2) is 48.5 Å². The fraction of sp³-hybridized carbons (Fsp3) is 0.222. The molecule has 1 heterocycles. The van der Waals surface area contributed by atoms with Gasteiger partial charge < -0.3 is 10.6 Å². The Morgan fingerprint density at radius 2 is 1.72 bits per heavy atom. The number of anilines is 3. The largest absolute Gasteiger partial charge is 0.372 e. The topological polar surface area (TPSA) is 84.0 Å². The van der Waals surface area contributed by atoms with E-state index in [1.807, 2.05) is 43.4 Å². The van der Waals surface area contributed by atoms with Gasteiger partial charge in [0, 0.05) is 23.9 Å². The first-order valence-electron chi connectivity index (χ1n) is 8.01. The molecule has 0 unspecified atom stereocenters. The minimum absolute atomic E-state index is 0.0557. The summed E-state index contributed by atoms with van der Waals surface area (Å²) >= 11 is 0. The van der Waals surface area contributed by atoms with Crippen molar-refractivity contribution in [2.45, 2.75) is 12.7 Å². The van der Waals surface area contributed by atoms with Gasteiger partial charge >= 0.3 is 0 Å². The molecule has 130 valence electrons. The third-order valence-corrected chi connectivity index (χ3v) is 5.53. The Bertz CT molecular complexity index is 986. The summed E-state index contributed by atoms with van der Waals surface area (Å²) in [5, 5.41) is 7.20. The van der Waals surface area contributed by atoms with Crippen LogP contribution in [-0.2, 0) is 15.6 Å². The second-order valence-corrected chi connectivity index (χ2v) is 8.01. The molecule has 0 saturated carbocycles. The van der Waals surface area contributed by atoms with Crippen LogP contribution < -0.4 is 10.6 Å². The molecule has 3 aromatic rings. The lowest BCUT2D eigenvalue weighted by molar-refractivity contribution is 0.596. The van der Waals surface area contributed by atoms with Crippen molar-refractivity contribution in [3.63, 3.8) is 0 Å². The highest BCUT2D eigenvalue weighted by Gasteiger charge is 2.09. The molecule has 0 radical (unpaired) electrons. The van der Waals surface area contributed by atoms with Crippen molar-refractivity contribution >= 4 is 38.2 Å². The van der Waals surface area contributed by atoms with Gasteiger partial charge in [0.05, 0.1) is 11.3 Å². The first-order valence-corrected chi connectivity index (χ1v) is 9.84. The third-order valence-electron chi connectivity index (χ3n) is 3.88. The van der Waals surface area contributed by atoms with Crippen molar-refractivity contribution in [1.82, 2.24) is 9.97 Å². The van der Waals surface area contributed by atoms with Gasteiger partial charge in [-0.05, 0) is 29.8 Å². The maximum atomic E-state index is 11.7. The van der Waals surface area contributed by atoms with Gasteiger partial charge in [-0.25, -0.2) is 13.4 Å². The lowest BCUT2D eigenvalue weighted by atomic mass is 10.2. The normalized spacial score (nSPS) is 11.4. The molecular weight excluding hydrogens is 336 g/mol. The molecule has 3 rings (SSSR count). The van der Waals surface area contributed by atoms with Crippen molar-refractivity contribution in [1.29, 1.82) is 0 Å². The van der Waals surface area contributed by atoms with E-state index >= 15 is 0 Å². The van der Waals surface area contributed by atoms with Crippen molar-refractivity contribution < 1.29 is 8.42 Å². The Morgan fingerprint density at radius 1 is 1.00 bits per heavy atom. The average molecular weight is 356 g/mol. The zero-order chi connectivity index (χ0) is 17.9. The number of para-hydroxylation sites is 1. The lowest BCUT2D eigenvalue weighted by Gasteiger charge is -2.10. The van der Waals surface area contributed by atoms with Crippen LogP contribution in [0.5, 0.6) is 0 Å². The number of benzene rings is 2. The predicted molar refractivity (Wildman–Crippen MR) is 102 cm³/mol. The molecule has 0 atom stereocenters. The summed E-state index contributed by atoms with van der Waals surface area (Å²) in [4.78, 5) is 9.00. The van der Waals surface area contributed by atoms with Gasteiger partial charge in [-0.1, -0.05) is 31.2 Å².